The maximum atomic E-state index is 10.3. The van der Waals surface area contributed by atoms with Crippen LogP contribution in [0, 0.1) is 0 Å². The molecule has 1 aromatic rings. The minimum absolute atomic E-state index is 0.0790. The van der Waals surface area contributed by atoms with Crippen molar-refractivity contribution >= 4 is 6.47 Å². The predicted octanol–water partition coefficient (Wildman–Crippen LogP) is 0.868. The molecule has 2 fully saturated rings. The summed E-state index contributed by atoms with van der Waals surface area (Å²) < 4.78 is 21.4. The van der Waals surface area contributed by atoms with Crippen molar-refractivity contribution in [3.8, 4) is 0 Å². The molecule has 2 saturated heterocycles. The molecule has 0 spiro atoms. The quantitative estimate of drug-likeness (QED) is 0.573. The summed E-state index contributed by atoms with van der Waals surface area (Å²) in [5.41, 5.74) is 1.09. The van der Waals surface area contributed by atoms with Gasteiger partial charge in [0.05, 0.1) is 13.2 Å². The second-order valence-electron chi connectivity index (χ2n) is 4.33. The summed E-state index contributed by atoms with van der Waals surface area (Å²) in [6, 6.07) is 9.87. The van der Waals surface area contributed by atoms with E-state index in [2.05, 4.69) is 0 Å². The Labute approximate surface area is 105 Å². The Kier molecular flexibility index (Phi) is 3.27. The van der Waals surface area contributed by atoms with E-state index in [1.807, 2.05) is 30.3 Å². The van der Waals surface area contributed by atoms with Crippen molar-refractivity contribution in [2.75, 3.05) is 6.61 Å². The second-order valence-corrected chi connectivity index (χ2v) is 4.33. The lowest BCUT2D eigenvalue weighted by Crippen LogP contribution is -2.40. The largest absolute Gasteiger partial charge is 0.459 e. The third-order valence-electron chi connectivity index (χ3n) is 3.11. The zero-order chi connectivity index (χ0) is 12.4. The van der Waals surface area contributed by atoms with Crippen molar-refractivity contribution < 1.29 is 23.7 Å². The zero-order valence-electron chi connectivity index (χ0n) is 9.73. The Balaban J connectivity index is 1.50. The van der Waals surface area contributed by atoms with Gasteiger partial charge in [-0.3, -0.25) is 4.79 Å². The van der Waals surface area contributed by atoms with Gasteiger partial charge >= 0.3 is 0 Å². The molecule has 96 valence electrons. The maximum absolute atomic E-state index is 10.3. The standard InChI is InChI=1S/C13H14O5/c14-8-17-10-7-16-13(12-11(10)18-12)15-6-9-4-2-1-3-5-9/h1-5,8,10-13H,6-7H2/t10-,11+,12+,13+/m1/s1. The molecule has 18 heavy (non-hydrogen) atoms. The number of hydrogen-bond acceptors (Lipinski definition) is 5. The first-order valence-corrected chi connectivity index (χ1v) is 5.90. The van der Waals surface area contributed by atoms with Gasteiger partial charge in [-0.1, -0.05) is 30.3 Å². The highest BCUT2D eigenvalue weighted by molar-refractivity contribution is 5.38. The number of fused-ring (bicyclic) bond motifs is 1. The normalized spacial score (nSPS) is 33.6. The molecular weight excluding hydrogens is 236 g/mol. The van der Waals surface area contributed by atoms with Crippen LogP contribution in [0.15, 0.2) is 30.3 Å². The highest BCUT2D eigenvalue weighted by atomic mass is 16.7. The summed E-state index contributed by atoms with van der Waals surface area (Å²) in [6.45, 7) is 1.23. The number of hydrogen-bond donors (Lipinski definition) is 0. The zero-order valence-corrected chi connectivity index (χ0v) is 9.73. The van der Waals surface area contributed by atoms with Crippen molar-refractivity contribution in [1.29, 1.82) is 0 Å². The van der Waals surface area contributed by atoms with Crippen LogP contribution in [0.3, 0.4) is 0 Å². The lowest BCUT2D eigenvalue weighted by Gasteiger charge is -2.24. The molecule has 2 aliphatic heterocycles. The number of ether oxygens (including phenoxy) is 4. The average molecular weight is 250 g/mol. The lowest BCUT2D eigenvalue weighted by molar-refractivity contribution is -0.188. The molecular formula is C13H14O5. The summed E-state index contributed by atoms with van der Waals surface area (Å²) in [4.78, 5) is 10.3. The van der Waals surface area contributed by atoms with Gasteiger partial charge in [0.1, 0.15) is 12.2 Å². The number of rotatable bonds is 5. The first-order valence-electron chi connectivity index (χ1n) is 5.90. The Morgan fingerprint density at radius 1 is 1.28 bits per heavy atom. The van der Waals surface area contributed by atoms with E-state index in [-0.39, 0.29) is 24.6 Å². The minimum Gasteiger partial charge on any atom is -0.459 e. The summed E-state index contributed by atoms with van der Waals surface area (Å²) in [6.07, 6.45) is -0.872. The first-order chi connectivity index (χ1) is 8.88. The molecule has 0 radical (unpaired) electrons. The Hall–Kier alpha value is -1.43. The van der Waals surface area contributed by atoms with Crippen molar-refractivity contribution in [2.45, 2.75) is 31.2 Å². The number of carbonyl (C=O) groups is 1. The van der Waals surface area contributed by atoms with E-state index in [1.165, 1.54) is 0 Å². The maximum Gasteiger partial charge on any atom is 0.293 e. The lowest BCUT2D eigenvalue weighted by atomic mass is 10.1. The van der Waals surface area contributed by atoms with Crippen LogP contribution in [0.5, 0.6) is 0 Å². The van der Waals surface area contributed by atoms with E-state index < -0.39 is 0 Å². The first kappa shape index (κ1) is 11.6. The van der Waals surface area contributed by atoms with Gasteiger partial charge in [0.2, 0.25) is 0 Å². The van der Waals surface area contributed by atoms with E-state index in [4.69, 9.17) is 18.9 Å². The molecule has 0 N–H and O–H groups in total. The number of carbonyl (C=O) groups excluding carboxylic acids is 1. The van der Waals surface area contributed by atoms with Gasteiger partial charge in [-0.05, 0) is 5.56 Å². The van der Waals surface area contributed by atoms with Crippen LogP contribution in [0.2, 0.25) is 0 Å². The SMILES string of the molecule is O=CO[C@@H]1CO[C@H](OCc2ccccc2)[C@H]2O[C@H]21. The molecule has 0 amide bonds. The van der Waals surface area contributed by atoms with E-state index in [0.717, 1.165) is 5.56 Å². The predicted molar refractivity (Wildman–Crippen MR) is 60.6 cm³/mol. The third-order valence-corrected chi connectivity index (χ3v) is 3.11. The summed E-state index contributed by atoms with van der Waals surface area (Å²) in [5.74, 6) is 0. The summed E-state index contributed by atoms with van der Waals surface area (Å²) in [7, 11) is 0. The molecule has 5 heteroatoms. The third kappa shape index (κ3) is 2.38. The van der Waals surface area contributed by atoms with Gasteiger partial charge in [-0.25, -0.2) is 0 Å². The van der Waals surface area contributed by atoms with E-state index in [9.17, 15) is 4.79 Å². The molecule has 0 saturated carbocycles. The molecule has 0 aliphatic carbocycles. The molecule has 2 aliphatic rings. The minimum atomic E-state index is -0.373. The second kappa shape index (κ2) is 5.06. The van der Waals surface area contributed by atoms with Crippen LogP contribution in [-0.2, 0) is 30.3 Å². The monoisotopic (exact) mass is 250 g/mol. The Morgan fingerprint density at radius 3 is 2.89 bits per heavy atom. The van der Waals surface area contributed by atoms with Crippen molar-refractivity contribution in [1.82, 2.24) is 0 Å². The van der Waals surface area contributed by atoms with Crippen LogP contribution in [0.25, 0.3) is 0 Å². The van der Waals surface area contributed by atoms with Gasteiger partial charge in [0.15, 0.2) is 12.4 Å². The Bertz CT molecular complexity index is 407. The summed E-state index contributed by atoms with van der Waals surface area (Å²) in [5, 5.41) is 0. The van der Waals surface area contributed by atoms with E-state index in [0.29, 0.717) is 19.7 Å². The van der Waals surface area contributed by atoms with Crippen molar-refractivity contribution in [3.05, 3.63) is 35.9 Å². The highest BCUT2D eigenvalue weighted by Gasteiger charge is 2.56. The number of benzene rings is 1. The average Bonchev–Trinajstić information content (AvgIpc) is 3.20. The van der Waals surface area contributed by atoms with Gasteiger partial charge < -0.3 is 18.9 Å². The molecule has 2 heterocycles. The Morgan fingerprint density at radius 2 is 2.11 bits per heavy atom. The van der Waals surface area contributed by atoms with Crippen molar-refractivity contribution in [2.24, 2.45) is 0 Å². The molecule has 1 aromatic carbocycles. The molecule has 0 bridgehead atoms. The van der Waals surface area contributed by atoms with Crippen LogP contribution in [0.4, 0.5) is 0 Å². The van der Waals surface area contributed by atoms with Gasteiger partial charge in [0, 0.05) is 0 Å². The van der Waals surface area contributed by atoms with Crippen LogP contribution in [-0.4, -0.2) is 37.7 Å². The number of epoxide rings is 1. The molecule has 3 rings (SSSR count). The topological polar surface area (TPSA) is 57.3 Å². The molecule has 0 aromatic heterocycles. The molecule has 4 atom stereocenters. The smallest absolute Gasteiger partial charge is 0.293 e. The fraction of sp³-hybridized carbons (Fsp3) is 0.462. The highest BCUT2D eigenvalue weighted by Crippen LogP contribution is 2.36. The van der Waals surface area contributed by atoms with Gasteiger partial charge in [-0.15, -0.1) is 0 Å². The van der Waals surface area contributed by atoms with Crippen LogP contribution in [0.1, 0.15) is 5.56 Å². The molecule has 5 nitrogen and oxygen atoms in total. The fourth-order valence-electron chi connectivity index (χ4n) is 2.12. The van der Waals surface area contributed by atoms with Gasteiger partial charge in [0.25, 0.3) is 6.47 Å². The van der Waals surface area contributed by atoms with Crippen LogP contribution >= 0.6 is 0 Å². The van der Waals surface area contributed by atoms with E-state index in [1.54, 1.807) is 0 Å². The van der Waals surface area contributed by atoms with Crippen LogP contribution < -0.4 is 0 Å². The summed E-state index contributed by atoms with van der Waals surface area (Å²) >= 11 is 0. The van der Waals surface area contributed by atoms with Gasteiger partial charge in [-0.2, -0.15) is 0 Å². The van der Waals surface area contributed by atoms with Crippen molar-refractivity contribution in [3.63, 3.8) is 0 Å². The van der Waals surface area contributed by atoms with E-state index >= 15 is 0 Å². The fourth-order valence-corrected chi connectivity index (χ4v) is 2.12. The molecule has 0 unspecified atom stereocenters.